The summed E-state index contributed by atoms with van der Waals surface area (Å²) >= 11 is 0. The van der Waals surface area contributed by atoms with Crippen LogP contribution in [0.3, 0.4) is 0 Å². The molecule has 1 aliphatic heterocycles. The summed E-state index contributed by atoms with van der Waals surface area (Å²) in [6.45, 7) is 6.43. The highest BCUT2D eigenvalue weighted by Gasteiger charge is 2.21. The molecule has 1 amide bonds. The Morgan fingerprint density at radius 2 is 1.85 bits per heavy atom. The Morgan fingerprint density at radius 3 is 2.62 bits per heavy atom. The number of rotatable bonds is 4. The first-order valence-electron chi connectivity index (χ1n) is 9.16. The van der Waals surface area contributed by atoms with Crippen LogP contribution in [0.15, 0.2) is 54.9 Å². The van der Waals surface area contributed by atoms with E-state index in [2.05, 4.69) is 41.1 Å². The minimum atomic E-state index is 0.171. The Morgan fingerprint density at radius 1 is 1.08 bits per heavy atom. The van der Waals surface area contributed by atoms with Crippen molar-refractivity contribution in [3.05, 3.63) is 71.7 Å². The molecular formula is C21H24N4O. The van der Waals surface area contributed by atoms with E-state index in [1.54, 1.807) is 0 Å². The topological polar surface area (TPSA) is 40.9 Å². The molecule has 4 rings (SSSR count). The summed E-state index contributed by atoms with van der Waals surface area (Å²) in [5.41, 5.74) is 4.25. The van der Waals surface area contributed by atoms with Crippen LogP contribution >= 0.6 is 0 Å². The van der Waals surface area contributed by atoms with Gasteiger partial charge in [0.2, 0.25) is 5.91 Å². The van der Waals surface area contributed by atoms with Crippen LogP contribution in [0.1, 0.15) is 16.8 Å². The first-order chi connectivity index (χ1) is 12.7. The fourth-order valence-electron chi connectivity index (χ4n) is 3.49. The van der Waals surface area contributed by atoms with Crippen LogP contribution in [0, 0.1) is 6.92 Å². The van der Waals surface area contributed by atoms with Crippen molar-refractivity contribution in [2.24, 2.45) is 0 Å². The van der Waals surface area contributed by atoms with Crippen LogP contribution in [0.5, 0.6) is 0 Å². The summed E-state index contributed by atoms with van der Waals surface area (Å²) in [5.74, 6) is 0.171. The van der Waals surface area contributed by atoms with E-state index in [1.807, 2.05) is 39.9 Å². The lowest BCUT2D eigenvalue weighted by Crippen LogP contribution is -2.48. The van der Waals surface area contributed by atoms with Crippen molar-refractivity contribution in [2.75, 3.05) is 26.2 Å². The van der Waals surface area contributed by atoms with Crippen LogP contribution in [-0.2, 0) is 17.8 Å². The van der Waals surface area contributed by atoms with Gasteiger partial charge in [-0.25, -0.2) is 4.98 Å². The normalized spacial score (nSPS) is 15.5. The fraction of sp³-hybridized carbons (Fsp3) is 0.333. The molecule has 0 atom stereocenters. The van der Waals surface area contributed by atoms with Gasteiger partial charge in [-0.1, -0.05) is 30.3 Å². The predicted molar refractivity (Wildman–Crippen MR) is 102 cm³/mol. The highest BCUT2D eigenvalue weighted by Crippen LogP contribution is 2.12. The number of nitrogens with zero attached hydrogens (tertiary/aromatic N) is 4. The average Bonchev–Trinajstić information content (AvgIpc) is 3.04. The van der Waals surface area contributed by atoms with E-state index in [0.717, 1.165) is 44.1 Å². The molecule has 0 aliphatic carbocycles. The molecule has 0 bridgehead atoms. The molecule has 3 aromatic rings. The quantitative estimate of drug-likeness (QED) is 0.727. The Kier molecular flexibility index (Phi) is 4.71. The third kappa shape index (κ3) is 3.78. The zero-order valence-electron chi connectivity index (χ0n) is 15.1. The first-order valence-corrected chi connectivity index (χ1v) is 9.16. The molecule has 0 N–H and O–H groups in total. The van der Waals surface area contributed by atoms with Gasteiger partial charge in [0.05, 0.1) is 12.1 Å². The summed E-state index contributed by atoms with van der Waals surface area (Å²) in [7, 11) is 0. The minimum Gasteiger partial charge on any atom is -0.340 e. The third-order valence-corrected chi connectivity index (χ3v) is 4.97. The number of hydrogen-bond acceptors (Lipinski definition) is 3. The van der Waals surface area contributed by atoms with Crippen LogP contribution in [0.25, 0.3) is 5.65 Å². The van der Waals surface area contributed by atoms with Gasteiger partial charge in [-0.3, -0.25) is 9.69 Å². The van der Waals surface area contributed by atoms with Crippen molar-refractivity contribution in [3.8, 4) is 0 Å². The second-order valence-electron chi connectivity index (χ2n) is 7.02. The van der Waals surface area contributed by atoms with E-state index in [4.69, 9.17) is 0 Å². The van der Waals surface area contributed by atoms with Crippen LogP contribution < -0.4 is 0 Å². The summed E-state index contributed by atoms with van der Waals surface area (Å²) < 4.78 is 1.98. The number of amides is 1. The van der Waals surface area contributed by atoms with Crippen molar-refractivity contribution in [2.45, 2.75) is 19.9 Å². The lowest BCUT2D eigenvalue weighted by molar-refractivity contribution is -0.132. The van der Waals surface area contributed by atoms with Crippen molar-refractivity contribution in [1.82, 2.24) is 19.2 Å². The molecule has 0 unspecified atom stereocenters. The van der Waals surface area contributed by atoms with Crippen LogP contribution in [0.4, 0.5) is 0 Å². The van der Waals surface area contributed by atoms with Gasteiger partial charge in [0.25, 0.3) is 0 Å². The Hall–Kier alpha value is -2.66. The smallest absolute Gasteiger partial charge is 0.228 e. The average molecular weight is 348 g/mol. The molecule has 26 heavy (non-hydrogen) atoms. The molecule has 1 fully saturated rings. The maximum absolute atomic E-state index is 12.6. The zero-order chi connectivity index (χ0) is 17.9. The number of benzene rings is 1. The molecule has 2 aromatic heterocycles. The summed E-state index contributed by atoms with van der Waals surface area (Å²) in [5, 5.41) is 0. The molecule has 3 heterocycles. The predicted octanol–water partition coefficient (Wildman–Crippen LogP) is 2.53. The molecule has 1 aromatic carbocycles. The molecule has 1 saturated heterocycles. The van der Waals surface area contributed by atoms with Gasteiger partial charge in [0, 0.05) is 45.1 Å². The maximum Gasteiger partial charge on any atom is 0.228 e. The zero-order valence-corrected chi connectivity index (χ0v) is 15.1. The number of fused-ring (bicyclic) bond motifs is 1. The second kappa shape index (κ2) is 7.30. The monoisotopic (exact) mass is 348 g/mol. The molecule has 5 nitrogen and oxygen atoms in total. The maximum atomic E-state index is 12.6. The number of imidazole rings is 1. The van der Waals surface area contributed by atoms with Gasteiger partial charge in [0.1, 0.15) is 5.65 Å². The molecular weight excluding hydrogens is 324 g/mol. The van der Waals surface area contributed by atoms with Gasteiger partial charge in [0.15, 0.2) is 0 Å². The lowest BCUT2D eigenvalue weighted by Gasteiger charge is -2.34. The van der Waals surface area contributed by atoms with E-state index in [1.165, 1.54) is 11.1 Å². The summed E-state index contributed by atoms with van der Waals surface area (Å²) in [6, 6.07) is 14.6. The molecule has 1 aliphatic rings. The fourth-order valence-corrected chi connectivity index (χ4v) is 3.49. The highest BCUT2D eigenvalue weighted by atomic mass is 16.2. The number of hydrogen-bond donors (Lipinski definition) is 0. The van der Waals surface area contributed by atoms with Crippen LogP contribution in [-0.4, -0.2) is 51.3 Å². The number of carbonyl (C=O) groups excluding carboxylic acids is 1. The van der Waals surface area contributed by atoms with Crippen molar-refractivity contribution in [3.63, 3.8) is 0 Å². The Bertz CT molecular complexity index is 895. The number of pyridine rings is 1. The van der Waals surface area contributed by atoms with E-state index in [9.17, 15) is 4.79 Å². The van der Waals surface area contributed by atoms with Gasteiger partial charge in [-0.15, -0.1) is 0 Å². The van der Waals surface area contributed by atoms with Gasteiger partial charge in [-0.2, -0.15) is 0 Å². The number of aromatic nitrogens is 2. The number of piperazine rings is 1. The minimum absolute atomic E-state index is 0.171. The third-order valence-electron chi connectivity index (χ3n) is 4.97. The molecule has 0 saturated carbocycles. The van der Waals surface area contributed by atoms with E-state index < -0.39 is 0 Å². The largest absolute Gasteiger partial charge is 0.340 e. The lowest BCUT2D eigenvalue weighted by atomic mass is 10.2. The van der Waals surface area contributed by atoms with Crippen molar-refractivity contribution < 1.29 is 4.79 Å². The SMILES string of the molecule is Cc1ccn2cc(CC(=O)N3CCN(Cc4ccccc4)CC3)nc2c1. The number of aryl methyl sites for hydroxylation is 1. The standard InChI is InChI=1S/C21H24N4O/c1-17-7-8-25-16-19(22-20(25)13-17)14-21(26)24-11-9-23(10-12-24)15-18-5-3-2-4-6-18/h2-8,13,16H,9-12,14-15H2,1H3. The van der Waals surface area contributed by atoms with E-state index in [0.29, 0.717) is 6.42 Å². The Labute approximate surface area is 153 Å². The first kappa shape index (κ1) is 16.8. The van der Waals surface area contributed by atoms with Crippen LogP contribution in [0.2, 0.25) is 0 Å². The highest BCUT2D eigenvalue weighted by molar-refractivity contribution is 5.78. The van der Waals surface area contributed by atoms with Crippen molar-refractivity contribution in [1.29, 1.82) is 0 Å². The van der Waals surface area contributed by atoms with Gasteiger partial charge < -0.3 is 9.30 Å². The number of carbonyl (C=O) groups is 1. The summed E-state index contributed by atoms with van der Waals surface area (Å²) in [6.07, 6.45) is 4.33. The molecule has 5 heteroatoms. The van der Waals surface area contributed by atoms with E-state index >= 15 is 0 Å². The van der Waals surface area contributed by atoms with Gasteiger partial charge in [-0.05, 0) is 30.2 Å². The van der Waals surface area contributed by atoms with Gasteiger partial charge >= 0.3 is 0 Å². The van der Waals surface area contributed by atoms with Crippen molar-refractivity contribution >= 4 is 11.6 Å². The van der Waals surface area contributed by atoms with E-state index in [-0.39, 0.29) is 5.91 Å². The molecule has 134 valence electrons. The molecule has 0 radical (unpaired) electrons. The Balaban J connectivity index is 1.33. The molecule has 0 spiro atoms. The second-order valence-corrected chi connectivity index (χ2v) is 7.02. The summed E-state index contributed by atoms with van der Waals surface area (Å²) in [4.78, 5) is 21.6.